The fourth-order valence-corrected chi connectivity index (χ4v) is 0.868. The second-order valence-corrected chi connectivity index (χ2v) is 2.84. The first-order valence-corrected chi connectivity index (χ1v) is 4.54. The zero-order valence-electron chi connectivity index (χ0n) is 8.16. The molecule has 3 N–H and O–H groups in total. The van der Waals surface area contributed by atoms with E-state index < -0.39 is 0 Å². The highest BCUT2D eigenvalue weighted by Crippen LogP contribution is 2.03. The second-order valence-electron chi connectivity index (χ2n) is 2.84. The molecule has 0 saturated heterocycles. The van der Waals surface area contributed by atoms with Crippen molar-refractivity contribution in [1.29, 1.82) is 5.41 Å². The Hall–Kier alpha value is -1.65. The van der Waals surface area contributed by atoms with E-state index in [0.717, 1.165) is 12.8 Å². The van der Waals surface area contributed by atoms with Crippen molar-refractivity contribution in [3.05, 3.63) is 18.0 Å². The molecule has 0 aromatic carbocycles. The first-order chi connectivity index (χ1) is 6.74. The van der Waals surface area contributed by atoms with Gasteiger partial charge in [-0.1, -0.05) is 13.3 Å². The minimum absolute atomic E-state index is 0.0762. The van der Waals surface area contributed by atoms with Crippen LogP contribution < -0.4 is 10.5 Å². The van der Waals surface area contributed by atoms with Crippen LogP contribution in [0.3, 0.4) is 0 Å². The second kappa shape index (κ2) is 5.16. The van der Waals surface area contributed by atoms with E-state index in [0.29, 0.717) is 12.3 Å². The Kier molecular flexibility index (Phi) is 3.84. The lowest BCUT2D eigenvalue weighted by Gasteiger charge is -2.03. The molecule has 0 aliphatic heterocycles. The summed E-state index contributed by atoms with van der Waals surface area (Å²) in [6.07, 6.45) is 3.56. The van der Waals surface area contributed by atoms with Gasteiger partial charge < -0.3 is 10.5 Å². The summed E-state index contributed by atoms with van der Waals surface area (Å²) in [5.74, 6) is -0.0762. The van der Waals surface area contributed by atoms with Crippen LogP contribution in [0.15, 0.2) is 12.3 Å². The van der Waals surface area contributed by atoms with Gasteiger partial charge in [-0.2, -0.15) is 4.98 Å². The van der Waals surface area contributed by atoms with Crippen molar-refractivity contribution in [2.24, 2.45) is 5.73 Å². The highest BCUT2D eigenvalue weighted by atomic mass is 16.5. The number of nitrogen functional groups attached to an aromatic ring is 1. The molecule has 1 heterocycles. The number of hydrogen-bond acceptors (Lipinski definition) is 4. The standard InChI is InChI=1S/C9H14N4O/c1-2-3-6-14-9-12-5-4-7(13-9)8(10)11/h4-5H,2-3,6H2,1H3,(H3,10,11). The van der Waals surface area contributed by atoms with Crippen LogP contribution in [0.25, 0.3) is 0 Å². The number of aromatic nitrogens is 2. The van der Waals surface area contributed by atoms with Crippen molar-refractivity contribution in [2.75, 3.05) is 6.61 Å². The minimum Gasteiger partial charge on any atom is -0.463 e. The van der Waals surface area contributed by atoms with Gasteiger partial charge in [0.25, 0.3) is 0 Å². The molecule has 0 saturated carbocycles. The third-order valence-electron chi connectivity index (χ3n) is 1.64. The highest BCUT2D eigenvalue weighted by Gasteiger charge is 2.01. The van der Waals surface area contributed by atoms with E-state index in [1.165, 1.54) is 6.20 Å². The number of nitrogens with one attached hydrogen (secondary N) is 1. The maximum absolute atomic E-state index is 7.18. The summed E-state index contributed by atoms with van der Waals surface area (Å²) in [4.78, 5) is 7.87. The highest BCUT2D eigenvalue weighted by molar-refractivity contribution is 5.92. The quantitative estimate of drug-likeness (QED) is 0.415. The van der Waals surface area contributed by atoms with Crippen molar-refractivity contribution in [2.45, 2.75) is 19.8 Å². The lowest BCUT2D eigenvalue weighted by molar-refractivity contribution is 0.285. The van der Waals surface area contributed by atoms with E-state index >= 15 is 0 Å². The van der Waals surface area contributed by atoms with Crippen LogP contribution in [-0.4, -0.2) is 22.4 Å². The largest absolute Gasteiger partial charge is 0.463 e. The van der Waals surface area contributed by atoms with Crippen LogP contribution in [0.4, 0.5) is 0 Å². The molecule has 0 spiro atoms. The Morgan fingerprint density at radius 1 is 1.64 bits per heavy atom. The van der Waals surface area contributed by atoms with E-state index in [4.69, 9.17) is 15.9 Å². The number of ether oxygens (including phenoxy) is 1. The zero-order chi connectivity index (χ0) is 10.4. The van der Waals surface area contributed by atoms with Crippen LogP contribution in [0, 0.1) is 5.41 Å². The van der Waals surface area contributed by atoms with Gasteiger partial charge in [0.15, 0.2) is 0 Å². The molecule has 0 amide bonds. The van der Waals surface area contributed by atoms with Crippen molar-refractivity contribution in [3.8, 4) is 6.01 Å². The summed E-state index contributed by atoms with van der Waals surface area (Å²) in [7, 11) is 0. The van der Waals surface area contributed by atoms with Crippen molar-refractivity contribution in [3.63, 3.8) is 0 Å². The molecule has 5 nitrogen and oxygen atoms in total. The first-order valence-electron chi connectivity index (χ1n) is 4.54. The van der Waals surface area contributed by atoms with Gasteiger partial charge in [0.05, 0.1) is 6.61 Å². The van der Waals surface area contributed by atoms with Crippen molar-refractivity contribution >= 4 is 5.84 Å². The molecule has 0 radical (unpaired) electrons. The van der Waals surface area contributed by atoms with Gasteiger partial charge in [0.1, 0.15) is 11.5 Å². The number of unbranched alkanes of at least 4 members (excludes halogenated alkanes) is 1. The maximum atomic E-state index is 7.18. The Bertz CT molecular complexity index is 313. The average molecular weight is 194 g/mol. The van der Waals surface area contributed by atoms with Gasteiger partial charge in [-0.05, 0) is 12.5 Å². The normalized spacial score (nSPS) is 9.79. The van der Waals surface area contributed by atoms with Crippen molar-refractivity contribution in [1.82, 2.24) is 9.97 Å². The first kappa shape index (κ1) is 10.4. The van der Waals surface area contributed by atoms with Crippen LogP contribution in [0.5, 0.6) is 6.01 Å². The summed E-state index contributed by atoms with van der Waals surface area (Å²) in [6, 6.07) is 1.86. The summed E-state index contributed by atoms with van der Waals surface area (Å²) in [5.41, 5.74) is 5.67. The Morgan fingerprint density at radius 2 is 2.43 bits per heavy atom. The third kappa shape index (κ3) is 3.01. The average Bonchev–Trinajstić information content (AvgIpc) is 2.19. The molecule has 76 valence electrons. The van der Waals surface area contributed by atoms with Gasteiger partial charge >= 0.3 is 6.01 Å². The van der Waals surface area contributed by atoms with Gasteiger partial charge in [0, 0.05) is 6.20 Å². The third-order valence-corrected chi connectivity index (χ3v) is 1.64. The summed E-state index contributed by atoms with van der Waals surface area (Å²) in [6.45, 7) is 2.67. The van der Waals surface area contributed by atoms with E-state index in [2.05, 4.69) is 16.9 Å². The van der Waals surface area contributed by atoms with Crippen LogP contribution in [-0.2, 0) is 0 Å². The smallest absolute Gasteiger partial charge is 0.316 e. The number of rotatable bonds is 5. The molecule has 0 unspecified atom stereocenters. The predicted octanol–water partition coefficient (Wildman–Crippen LogP) is 0.940. The molecule has 0 aliphatic carbocycles. The summed E-state index contributed by atoms with van der Waals surface area (Å²) >= 11 is 0. The molecule has 1 aromatic rings. The van der Waals surface area contributed by atoms with Crippen LogP contribution >= 0.6 is 0 Å². The number of hydrogen-bond donors (Lipinski definition) is 2. The van der Waals surface area contributed by atoms with Crippen LogP contribution in [0.2, 0.25) is 0 Å². The molecular weight excluding hydrogens is 180 g/mol. The van der Waals surface area contributed by atoms with E-state index in [-0.39, 0.29) is 11.8 Å². The van der Waals surface area contributed by atoms with Gasteiger partial charge in [-0.15, -0.1) is 0 Å². The zero-order valence-corrected chi connectivity index (χ0v) is 8.16. The lowest BCUT2D eigenvalue weighted by Crippen LogP contribution is -2.14. The van der Waals surface area contributed by atoms with Gasteiger partial charge in [-0.25, -0.2) is 4.98 Å². The minimum atomic E-state index is -0.0762. The Morgan fingerprint density at radius 3 is 3.07 bits per heavy atom. The molecule has 0 aliphatic rings. The van der Waals surface area contributed by atoms with Crippen LogP contribution in [0.1, 0.15) is 25.5 Å². The number of amidine groups is 1. The summed E-state index contributed by atoms with van der Waals surface area (Å²) < 4.78 is 5.26. The molecule has 14 heavy (non-hydrogen) atoms. The number of nitrogens with two attached hydrogens (primary N) is 1. The van der Waals surface area contributed by atoms with E-state index in [9.17, 15) is 0 Å². The topological polar surface area (TPSA) is 84.9 Å². The predicted molar refractivity (Wildman–Crippen MR) is 53.5 cm³/mol. The lowest BCUT2D eigenvalue weighted by atomic mass is 10.4. The van der Waals surface area contributed by atoms with E-state index in [1.54, 1.807) is 6.07 Å². The summed E-state index contributed by atoms with van der Waals surface area (Å²) in [5, 5.41) is 7.18. The SMILES string of the molecule is CCCCOc1nccc(C(=N)N)n1. The Labute approximate surface area is 82.8 Å². The molecule has 0 fully saturated rings. The maximum Gasteiger partial charge on any atom is 0.316 e. The molecular formula is C9H14N4O. The Balaban J connectivity index is 2.59. The van der Waals surface area contributed by atoms with Gasteiger partial charge in [-0.3, -0.25) is 5.41 Å². The fourth-order valence-electron chi connectivity index (χ4n) is 0.868. The monoisotopic (exact) mass is 194 g/mol. The number of nitrogens with zero attached hydrogens (tertiary/aromatic N) is 2. The fraction of sp³-hybridized carbons (Fsp3) is 0.444. The molecule has 5 heteroatoms. The van der Waals surface area contributed by atoms with Gasteiger partial charge in [0.2, 0.25) is 0 Å². The molecule has 1 rings (SSSR count). The molecule has 0 atom stereocenters. The van der Waals surface area contributed by atoms with E-state index in [1.807, 2.05) is 0 Å². The van der Waals surface area contributed by atoms with Crippen molar-refractivity contribution < 1.29 is 4.74 Å². The molecule has 0 bridgehead atoms. The molecule has 1 aromatic heterocycles.